The molecule has 1 unspecified atom stereocenters. The summed E-state index contributed by atoms with van der Waals surface area (Å²) in [6, 6.07) is 10.8. The van der Waals surface area contributed by atoms with E-state index in [2.05, 4.69) is 16.8 Å². The van der Waals surface area contributed by atoms with E-state index in [4.69, 9.17) is 16.3 Å². The van der Waals surface area contributed by atoms with Gasteiger partial charge in [-0.15, -0.1) is 0 Å². The lowest BCUT2D eigenvalue weighted by Gasteiger charge is -2.30. The number of ketones is 1. The fourth-order valence-corrected chi connectivity index (χ4v) is 5.35. The molecular weight excluding hydrogens is 478 g/mol. The number of amides is 2. The number of carbonyl (C=O) groups excluding carboxylic acids is 3. The molecule has 0 aliphatic carbocycles. The van der Waals surface area contributed by atoms with E-state index in [0.29, 0.717) is 54.1 Å². The molecule has 36 heavy (non-hydrogen) atoms. The lowest BCUT2D eigenvalue weighted by molar-refractivity contribution is -0.126. The molecule has 188 valence electrons. The summed E-state index contributed by atoms with van der Waals surface area (Å²) in [5, 5.41) is 3.37. The highest BCUT2D eigenvalue weighted by Gasteiger charge is 2.38. The lowest BCUT2D eigenvalue weighted by atomic mass is 9.99. The quantitative estimate of drug-likeness (QED) is 0.578. The van der Waals surface area contributed by atoms with Gasteiger partial charge in [0.15, 0.2) is 5.78 Å². The number of allylic oxidation sites excluding steroid dienone is 1. The van der Waals surface area contributed by atoms with Gasteiger partial charge in [-0.05, 0) is 48.1 Å². The van der Waals surface area contributed by atoms with Crippen molar-refractivity contribution in [3.8, 4) is 0 Å². The lowest BCUT2D eigenvalue weighted by Crippen LogP contribution is -2.49. The average Bonchev–Trinajstić information content (AvgIpc) is 3.19. The van der Waals surface area contributed by atoms with E-state index in [9.17, 15) is 14.4 Å². The Morgan fingerprint density at radius 3 is 2.69 bits per heavy atom. The Morgan fingerprint density at radius 2 is 1.94 bits per heavy atom. The van der Waals surface area contributed by atoms with Crippen LogP contribution in [0.5, 0.6) is 0 Å². The van der Waals surface area contributed by atoms with Crippen LogP contribution in [0.25, 0.3) is 0 Å². The molecule has 7 nitrogen and oxygen atoms in total. The molecule has 3 aliphatic heterocycles. The van der Waals surface area contributed by atoms with Crippen molar-refractivity contribution in [1.82, 2.24) is 15.1 Å². The van der Waals surface area contributed by atoms with Crippen LogP contribution in [0.1, 0.15) is 56.7 Å². The minimum Gasteiger partial charge on any atom is -0.379 e. The van der Waals surface area contributed by atoms with Crippen molar-refractivity contribution in [3.63, 3.8) is 0 Å². The zero-order valence-corrected chi connectivity index (χ0v) is 21.0. The fourth-order valence-electron chi connectivity index (χ4n) is 5.11. The monoisotopic (exact) mass is 507 g/mol. The number of fused-ring (bicyclic) bond motifs is 1. The van der Waals surface area contributed by atoms with Crippen LogP contribution < -0.4 is 5.32 Å². The summed E-state index contributed by atoms with van der Waals surface area (Å²) in [4.78, 5) is 42.1. The zero-order valence-electron chi connectivity index (χ0n) is 20.2. The van der Waals surface area contributed by atoms with Gasteiger partial charge in [0.25, 0.3) is 5.91 Å². The molecule has 2 amide bonds. The van der Waals surface area contributed by atoms with Crippen molar-refractivity contribution in [2.45, 2.75) is 44.8 Å². The predicted molar refractivity (Wildman–Crippen MR) is 137 cm³/mol. The van der Waals surface area contributed by atoms with Crippen LogP contribution >= 0.6 is 11.6 Å². The number of halogens is 1. The van der Waals surface area contributed by atoms with Gasteiger partial charge >= 0.3 is 0 Å². The van der Waals surface area contributed by atoms with Gasteiger partial charge in [-0.25, -0.2) is 0 Å². The molecule has 5 rings (SSSR count). The first-order chi connectivity index (χ1) is 17.4. The summed E-state index contributed by atoms with van der Waals surface area (Å²) in [7, 11) is 0. The Bertz CT molecular complexity index is 1220. The number of nitrogens with zero attached hydrogens (tertiary/aromatic N) is 2. The van der Waals surface area contributed by atoms with E-state index in [0.717, 1.165) is 49.5 Å². The molecule has 2 saturated heterocycles. The molecule has 3 aliphatic rings. The summed E-state index contributed by atoms with van der Waals surface area (Å²) >= 11 is 6.50. The maximum absolute atomic E-state index is 12.9. The largest absolute Gasteiger partial charge is 0.379 e. The number of benzene rings is 2. The molecule has 0 radical (unpaired) electrons. The van der Waals surface area contributed by atoms with Gasteiger partial charge in [-0.3, -0.25) is 19.3 Å². The van der Waals surface area contributed by atoms with Crippen LogP contribution in [0.15, 0.2) is 48.7 Å². The standard InChI is InChI=1S/C28H30ClN3O4/c1-18-2-8-25(27(34)30-18)32-17-22-14-19(3-7-23(22)28(32)35)4-9-26(33)20-5-6-21(24(29)15-20)16-31-10-12-36-13-11-31/h3,5-7,14-15,25H,1-2,4,8-13,16-17H2,(H,30,34). The molecule has 0 saturated carbocycles. The van der Waals surface area contributed by atoms with Crippen molar-refractivity contribution in [1.29, 1.82) is 0 Å². The Morgan fingerprint density at radius 1 is 1.14 bits per heavy atom. The van der Waals surface area contributed by atoms with Crippen LogP contribution in [0, 0.1) is 0 Å². The van der Waals surface area contributed by atoms with Gasteiger partial charge in [0.1, 0.15) is 6.04 Å². The molecule has 0 bridgehead atoms. The second kappa shape index (κ2) is 10.5. The minimum absolute atomic E-state index is 0.0344. The van der Waals surface area contributed by atoms with Crippen LogP contribution in [0.4, 0.5) is 0 Å². The van der Waals surface area contributed by atoms with Crippen molar-refractivity contribution >= 4 is 29.2 Å². The van der Waals surface area contributed by atoms with Gasteiger partial charge in [-0.1, -0.05) is 42.4 Å². The van der Waals surface area contributed by atoms with Gasteiger partial charge in [0, 0.05) is 54.4 Å². The van der Waals surface area contributed by atoms with Crippen molar-refractivity contribution in [2.75, 3.05) is 26.3 Å². The van der Waals surface area contributed by atoms with Crippen LogP contribution in [-0.4, -0.2) is 59.7 Å². The first-order valence-electron chi connectivity index (χ1n) is 12.4. The van der Waals surface area contributed by atoms with Crippen molar-refractivity contribution < 1.29 is 19.1 Å². The normalized spacial score (nSPS) is 20.4. The second-order valence-corrected chi connectivity index (χ2v) is 10.1. The number of rotatable bonds is 7. The Hall–Kier alpha value is -3.00. The molecule has 2 aromatic carbocycles. The highest BCUT2D eigenvalue weighted by molar-refractivity contribution is 6.31. The molecule has 1 N–H and O–H groups in total. The van der Waals surface area contributed by atoms with Crippen LogP contribution in [0.2, 0.25) is 5.02 Å². The Kier molecular flexibility index (Phi) is 7.23. The first kappa shape index (κ1) is 24.7. The third kappa shape index (κ3) is 5.24. The molecule has 2 aromatic rings. The summed E-state index contributed by atoms with van der Waals surface area (Å²) in [5.41, 5.74) is 4.84. The van der Waals surface area contributed by atoms with E-state index in [1.807, 2.05) is 30.3 Å². The highest BCUT2D eigenvalue weighted by Crippen LogP contribution is 2.29. The number of carbonyl (C=O) groups is 3. The predicted octanol–water partition coefficient (Wildman–Crippen LogP) is 3.74. The number of Topliss-reactive ketones (excluding diaryl/α,β-unsaturated/α-hetero) is 1. The van der Waals surface area contributed by atoms with E-state index in [1.54, 1.807) is 11.0 Å². The molecule has 2 fully saturated rings. The van der Waals surface area contributed by atoms with E-state index in [1.165, 1.54) is 0 Å². The summed E-state index contributed by atoms with van der Waals surface area (Å²) in [6.45, 7) is 8.18. The number of hydrogen-bond acceptors (Lipinski definition) is 5. The van der Waals surface area contributed by atoms with Crippen molar-refractivity contribution in [2.24, 2.45) is 0 Å². The van der Waals surface area contributed by atoms with E-state index in [-0.39, 0.29) is 17.6 Å². The van der Waals surface area contributed by atoms with Crippen LogP contribution in [-0.2, 0) is 29.0 Å². The minimum atomic E-state index is -0.476. The molecule has 3 heterocycles. The maximum Gasteiger partial charge on any atom is 0.255 e. The first-order valence-corrected chi connectivity index (χ1v) is 12.8. The third-order valence-electron chi connectivity index (χ3n) is 7.21. The number of hydrogen-bond donors (Lipinski definition) is 1. The third-order valence-corrected chi connectivity index (χ3v) is 7.57. The fraction of sp³-hybridized carbons (Fsp3) is 0.393. The number of aryl methyl sites for hydroxylation is 1. The number of ether oxygens (including phenoxy) is 1. The Labute approximate surface area is 216 Å². The zero-order chi connectivity index (χ0) is 25.2. The second-order valence-electron chi connectivity index (χ2n) is 9.69. The topological polar surface area (TPSA) is 79.0 Å². The van der Waals surface area contributed by atoms with Gasteiger partial charge < -0.3 is 15.0 Å². The molecule has 8 heteroatoms. The van der Waals surface area contributed by atoms with Crippen molar-refractivity contribution in [3.05, 3.63) is 81.5 Å². The number of morpholine rings is 1. The summed E-state index contributed by atoms with van der Waals surface area (Å²) < 4.78 is 5.39. The SMILES string of the molecule is C=C1CCC(N2Cc3cc(CCC(=O)c4ccc(CN5CCOCC5)c(Cl)c4)ccc3C2=O)C(=O)N1. The number of nitrogens with one attached hydrogen (secondary N) is 1. The van der Waals surface area contributed by atoms with Gasteiger partial charge in [-0.2, -0.15) is 0 Å². The molecule has 0 aromatic heterocycles. The van der Waals surface area contributed by atoms with Gasteiger partial charge in [0.05, 0.1) is 13.2 Å². The summed E-state index contributed by atoms with van der Waals surface area (Å²) in [6.07, 6.45) is 2.17. The summed E-state index contributed by atoms with van der Waals surface area (Å²) in [5.74, 6) is -0.257. The smallest absolute Gasteiger partial charge is 0.255 e. The molecule has 1 atom stereocenters. The maximum atomic E-state index is 12.9. The molecular formula is C28H30ClN3O4. The molecule has 0 spiro atoms. The van der Waals surface area contributed by atoms with Gasteiger partial charge in [0.2, 0.25) is 5.91 Å². The van der Waals surface area contributed by atoms with E-state index < -0.39 is 6.04 Å². The number of piperidine rings is 1. The van der Waals surface area contributed by atoms with Crippen LogP contribution in [0.3, 0.4) is 0 Å². The highest BCUT2D eigenvalue weighted by atomic mass is 35.5. The average molecular weight is 508 g/mol. The Balaban J connectivity index is 1.19. The van der Waals surface area contributed by atoms with E-state index >= 15 is 0 Å².